The van der Waals surface area contributed by atoms with Crippen molar-refractivity contribution in [2.45, 2.75) is 0 Å². The number of carbonyl (C=O) groups excluding carboxylic acids is 2. The first-order valence-corrected chi connectivity index (χ1v) is 7.10. The fraction of sp³-hybridized carbons (Fsp3) is 0.429. The van der Waals surface area contributed by atoms with E-state index in [1.165, 1.54) is 18.4 Å². The van der Waals surface area contributed by atoms with Crippen molar-refractivity contribution in [1.29, 1.82) is 0 Å². The van der Waals surface area contributed by atoms with E-state index < -0.39 is 5.97 Å². The number of nitrogens with zero attached hydrogens (tertiary/aromatic N) is 2. The molecule has 1 aromatic rings. The molecule has 0 radical (unpaired) electrons. The Morgan fingerprint density at radius 3 is 2.55 bits per heavy atom. The second-order valence-corrected chi connectivity index (χ2v) is 5.51. The molecular formula is C14H16N2O3S. The van der Waals surface area contributed by atoms with Crippen molar-refractivity contribution in [3.05, 3.63) is 21.9 Å². The van der Waals surface area contributed by atoms with Crippen LogP contribution < -0.4 is 0 Å². The molecule has 0 bridgehead atoms. The van der Waals surface area contributed by atoms with Crippen LogP contribution in [0.4, 0.5) is 0 Å². The zero-order valence-corrected chi connectivity index (χ0v) is 12.1. The van der Waals surface area contributed by atoms with Gasteiger partial charge in [0.1, 0.15) is 4.88 Å². The highest BCUT2D eigenvalue weighted by molar-refractivity contribution is 7.15. The van der Waals surface area contributed by atoms with Gasteiger partial charge < -0.3 is 9.64 Å². The summed E-state index contributed by atoms with van der Waals surface area (Å²) < 4.78 is 4.64. The first-order valence-electron chi connectivity index (χ1n) is 6.29. The highest BCUT2D eigenvalue weighted by Gasteiger charge is 2.23. The molecular weight excluding hydrogens is 276 g/mol. The predicted octanol–water partition coefficient (Wildman–Crippen LogP) is 0.926. The summed E-state index contributed by atoms with van der Waals surface area (Å²) in [5.41, 5.74) is 0. The topological polar surface area (TPSA) is 49.9 Å². The maximum Gasteiger partial charge on any atom is 0.348 e. The van der Waals surface area contributed by atoms with Crippen LogP contribution in [0.25, 0.3) is 0 Å². The lowest BCUT2D eigenvalue weighted by atomic mass is 10.3. The number of rotatable bonds is 3. The second kappa shape index (κ2) is 6.55. The summed E-state index contributed by atoms with van der Waals surface area (Å²) in [5.74, 6) is 2.16. The summed E-state index contributed by atoms with van der Waals surface area (Å²) in [6.07, 6.45) is 5.27. The van der Waals surface area contributed by atoms with Crippen LogP contribution in [0.3, 0.4) is 0 Å². The van der Waals surface area contributed by atoms with E-state index in [1.807, 2.05) is 0 Å². The van der Waals surface area contributed by atoms with Crippen molar-refractivity contribution < 1.29 is 14.3 Å². The Labute approximate surface area is 122 Å². The number of carbonyl (C=O) groups is 2. The Hall–Kier alpha value is -1.84. The van der Waals surface area contributed by atoms with E-state index in [9.17, 15) is 9.59 Å². The van der Waals surface area contributed by atoms with Crippen molar-refractivity contribution in [3.8, 4) is 12.3 Å². The average molecular weight is 292 g/mol. The molecule has 6 heteroatoms. The van der Waals surface area contributed by atoms with Crippen molar-refractivity contribution in [3.63, 3.8) is 0 Å². The van der Waals surface area contributed by atoms with E-state index >= 15 is 0 Å². The molecule has 0 atom stereocenters. The lowest BCUT2D eigenvalue weighted by molar-refractivity contribution is 0.0605. The molecule has 5 nitrogen and oxygen atoms in total. The summed E-state index contributed by atoms with van der Waals surface area (Å²) in [5, 5.41) is 0. The summed E-state index contributed by atoms with van der Waals surface area (Å²) in [6.45, 7) is 3.50. The van der Waals surface area contributed by atoms with E-state index in [0.29, 0.717) is 29.4 Å². The summed E-state index contributed by atoms with van der Waals surface area (Å²) >= 11 is 1.17. The summed E-state index contributed by atoms with van der Waals surface area (Å²) in [6, 6.07) is 3.30. The minimum Gasteiger partial charge on any atom is -0.465 e. The van der Waals surface area contributed by atoms with Crippen molar-refractivity contribution in [2.75, 3.05) is 39.8 Å². The van der Waals surface area contributed by atoms with E-state index in [2.05, 4.69) is 15.6 Å². The van der Waals surface area contributed by atoms with Gasteiger partial charge in [-0.15, -0.1) is 17.8 Å². The first kappa shape index (κ1) is 14.6. The molecule has 0 aromatic carbocycles. The fourth-order valence-electron chi connectivity index (χ4n) is 2.06. The van der Waals surface area contributed by atoms with Crippen LogP contribution in [0.2, 0.25) is 0 Å². The Morgan fingerprint density at radius 2 is 1.95 bits per heavy atom. The lowest BCUT2D eigenvalue weighted by Crippen LogP contribution is -2.48. The number of hydrogen-bond acceptors (Lipinski definition) is 5. The van der Waals surface area contributed by atoms with Gasteiger partial charge in [0, 0.05) is 26.2 Å². The van der Waals surface area contributed by atoms with Crippen molar-refractivity contribution in [1.82, 2.24) is 9.80 Å². The van der Waals surface area contributed by atoms with Gasteiger partial charge in [-0.3, -0.25) is 9.69 Å². The predicted molar refractivity (Wildman–Crippen MR) is 76.8 cm³/mol. The van der Waals surface area contributed by atoms with Crippen LogP contribution in [0.5, 0.6) is 0 Å². The fourth-order valence-corrected chi connectivity index (χ4v) is 2.95. The maximum absolute atomic E-state index is 12.3. The highest BCUT2D eigenvalue weighted by atomic mass is 32.1. The molecule has 1 amide bonds. The molecule has 1 aromatic heterocycles. The van der Waals surface area contributed by atoms with Crippen LogP contribution in [0, 0.1) is 12.3 Å². The van der Waals surface area contributed by atoms with Gasteiger partial charge in [-0.05, 0) is 12.1 Å². The van der Waals surface area contributed by atoms with E-state index in [1.54, 1.807) is 17.0 Å². The molecule has 1 saturated heterocycles. The molecule has 2 heterocycles. The van der Waals surface area contributed by atoms with Crippen LogP contribution in [0.15, 0.2) is 12.1 Å². The van der Waals surface area contributed by atoms with Gasteiger partial charge in [-0.25, -0.2) is 4.79 Å². The molecule has 20 heavy (non-hydrogen) atoms. The third kappa shape index (κ3) is 3.18. The number of piperazine rings is 1. The second-order valence-electron chi connectivity index (χ2n) is 4.43. The quantitative estimate of drug-likeness (QED) is 0.614. The number of terminal acetylenes is 1. The molecule has 1 aliphatic rings. The third-order valence-corrected chi connectivity index (χ3v) is 4.23. The minimum atomic E-state index is -0.409. The molecule has 0 unspecified atom stereocenters. The molecule has 0 saturated carbocycles. The number of amides is 1. The molecule has 0 N–H and O–H groups in total. The molecule has 0 aliphatic carbocycles. The Bertz CT molecular complexity index is 539. The van der Waals surface area contributed by atoms with Gasteiger partial charge in [0.15, 0.2) is 0 Å². The van der Waals surface area contributed by atoms with Crippen LogP contribution in [-0.4, -0.2) is 61.5 Å². The summed E-state index contributed by atoms with van der Waals surface area (Å²) in [4.78, 5) is 28.6. The first-order chi connectivity index (χ1) is 9.65. The molecule has 2 rings (SSSR count). The number of methoxy groups -OCH3 is 1. The Morgan fingerprint density at radius 1 is 1.30 bits per heavy atom. The van der Waals surface area contributed by atoms with Gasteiger partial charge in [0.05, 0.1) is 18.5 Å². The van der Waals surface area contributed by atoms with Gasteiger partial charge in [0.25, 0.3) is 5.91 Å². The number of thiophene rings is 1. The SMILES string of the molecule is C#CCN1CCN(C(=O)c2ccc(C(=O)OC)s2)CC1. The van der Waals surface area contributed by atoms with Crippen LogP contribution >= 0.6 is 11.3 Å². The van der Waals surface area contributed by atoms with E-state index in [-0.39, 0.29) is 5.91 Å². The van der Waals surface area contributed by atoms with E-state index in [4.69, 9.17) is 6.42 Å². The smallest absolute Gasteiger partial charge is 0.348 e. The third-order valence-electron chi connectivity index (χ3n) is 3.18. The highest BCUT2D eigenvalue weighted by Crippen LogP contribution is 2.19. The largest absolute Gasteiger partial charge is 0.465 e. The van der Waals surface area contributed by atoms with Gasteiger partial charge in [0.2, 0.25) is 0 Å². The van der Waals surface area contributed by atoms with Crippen LogP contribution in [-0.2, 0) is 4.74 Å². The van der Waals surface area contributed by atoms with Crippen molar-refractivity contribution >= 4 is 23.2 Å². The minimum absolute atomic E-state index is 0.0366. The van der Waals surface area contributed by atoms with Crippen molar-refractivity contribution in [2.24, 2.45) is 0 Å². The van der Waals surface area contributed by atoms with Crippen LogP contribution in [0.1, 0.15) is 19.3 Å². The summed E-state index contributed by atoms with van der Waals surface area (Å²) in [7, 11) is 1.33. The number of hydrogen-bond donors (Lipinski definition) is 0. The van der Waals surface area contributed by atoms with Gasteiger partial charge >= 0.3 is 5.97 Å². The zero-order valence-electron chi connectivity index (χ0n) is 11.3. The normalized spacial score (nSPS) is 15.7. The maximum atomic E-state index is 12.3. The van der Waals surface area contributed by atoms with Gasteiger partial charge in [-0.1, -0.05) is 5.92 Å². The molecule has 0 spiro atoms. The average Bonchev–Trinajstić information content (AvgIpc) is 2.96. The number of ether oxygens (including phenoxy) is 1. The zero-order chi connectivity index (χ0) is 14.5. The Kier molecular flexibility index (Phi) is 4.77. The molecule has 1 fully saturated rings. The molecule has 1 aliphatic heterocycles. The Balaban J connectivity index is 1.97. The standard InChI is InChI=1S/C14H16N2O3S/c1-3-6-15-7-9-16(10-8-15)13(17)11-4-5-12(20-11)14(18)19-2/h1,4-5H,6-10H2,2H3. The van der Waals surface area contributed by atoms with Gasteiger partial charge in [-0.2, -0.15) is 0 Å². The lowest BCUT2D eigenvalue weighted by Gasteiger charge is -2.33. The monoisotopic (exact) mass is 292 g/mol. The van der Waals surface area contributed by atoms with E-state index in [0.717, 1.165) is 13.1 Å². The number of esters is 1. The molecule has 106 valence electrons.